The van der Waals surface area contributed by atoms with Crippen molar-refractivity contribution in [1.29, 1.82) is 0 Å². The highest BCUT2D eigenvalue weighted by Gasteiger charge is 2.02. The lowest BCUT2D eigenvalue weighted by molar-refractivity contribution is -0.110. The number of carbonyl (C=O) groups is 1. The standard InChI is InChI=1S/C14H20O/c1-11(2)8-13-4-6-14(7-5-13)9-12(3)10-15/h4-7,10-12H,8-9H2,1-3H3/t12-/m0/s1. The van der Waals surface area contributed by atoms with E-state index < -0.39 is 0 Å². The van der Waals surface area contributed by atoms with E-state index in [9.17, 15) is 4.79 Å². The first kappa shape index (κ1) is 12.0. The zero-order valence-electron chi connectivity index (χ0n) is 9.86. The predicted molar refractivity (Wildman–Crippen MR) is 63.9 cm³/mol. The normalized spacial score (nSPS) is 12.8. The summed E-state index contributed by atoms with van der Waals surface area (Å²) < 4.78 is 0. The van der Waals surface area contributed by atoms with Crippen LogP contribution >= 0.6 is 0 Å². The third kappa shape index (κ3) is 4.28. The van der Waals surface area contributed by atoms with Crippen LogP contribution < -0.4 is 0 Å². The van der Waals surface area contributed by atoms with Crippen molar-refractivity contribution in [3.05, 3.63) is 35.4 Å². The fraction of sp³-hybridized carbons (Fsp3) is 0.500. The first-order chi connectivity index (χ1) is 7.11. The number of hydrogen-bond acceptors (Lipinski definition) is 1. The molecule has 0 N–H and O–H groups in total. The fourth-order valence-corrected chi connectivity index (χ4v) is 1.70. The Morgan fingerprint density at radius 2 is 1.47 bits per heavy atom. The number of aldehydes is 1. The van der Waals surface area contributed by atoms with Crippen LogP contribution in [0.3, 0.4) is 0 Å². The Balaban J connectivity index is 2.59. The summed E-state index contributed by atoms with van der Waals surface area (Å²) in [6.45, 7) is 6.40. The summed E-state index contributed by atoms with van der Waals surface area (Å²) in [4.78, 5) is 10.5. The van der Waals surface area contributed by atoms with Gasteiger partial charge < -0.3 is 4.79 Å². The van der Waals surface area contributed by atoms with Crippen molar-refractivity contribution in [2.45, 2.75) is 33.6 Å². The molecule has 1 aromatic carbocycles. The van der Waals surface area contributed by atoms with Crippen molar-refractivity contribution in [3.8, 4) is 0 Å². The predicted octanol–water partition coefficient (Wildman–Crippen LogP) is 3.26. The van der Waals surface area contributed by atoms with Crippen LogP contribution in [-0.4, -0.2) is 6.29 Å². The highest BCUT2D eigenvalue weighted by Crippen LogP contribution is 2.12. The Labute approximate surface area is 92.5 Å². The molecular formula is C14H20O. The molecule has 0 fully saturated rings. The summed E-state index contributed by atoms with van der Waals surface area (Å²) in [5.74, 6) is 0.825. The van der Waals surface area contributed by atoms with Crippen LogP contribution in [0, 0.1) is 11.8 Å². The minimum atomic E-state index is 0.126. The van der Waals surface area contributed by atoms with Gasteiger partial charge in [0.25, 0.3) is 0 Å². The van der Waals surface area contributed by atoms with Gasteiger partial charge in [-0.3, -0.25) is 0 Å². The second-order valence-corrected chi connectivity index (χ2v) is 4.73. The monoisotopic (exact) mass is 204 g/mol. The average Bonchev–Trinajstić information content (AvgIpc) is 2.20. The van der Waals surface area contributed by atoms with Crippen molar-refractivity contribution in [1.82, 2.24) is 0 Å². The number of benzene rings is 1. The lowest BCUT2D eigenvalue weighted by Crippen LogP contribution is -2.01. The molecule has 0 bridgehead atoms. The van der Waals surface area contributed by atoms with Crippen LogP contribution in [0.1, 0.15) is 31.9 Å². The molecule has 1 nitrogen and oxygen atoms in total. The van der Waals surface area contributed by atoms with Crippen molar-refractivity contribution < 1.29 is 4.79 Å². The highest BCUT2D eigenvalue weighted by atomic mass is 16.1. The van der Waals surface area contributed by atoms with Crippen LogP contribution in [0.25, 0.3) is 0 Å². The van der Waals surface area contributed by atoms with E-state index in [1.165, 1.54) is 11.1 Å². The molecule has 0 aliphatic carbocycles. The van der Waals surface area contributed by atoms with Crippen LogP contribution in [0.4, 0.5) is 0 Å². The summed E-state index contributed by atoms with van der Waals surface area (Å²) in [6.07, 6.45) is 3.00. The number of rotatable bonds is 5. The second-order valence-electron chi connectivity index (χ2n) is 4.73. The number of carbonyl (C=O) groups excluding carboxylic acids is 1. The first-order valence-electron chi connectivity index (χ1n) is 5.65. The van der Waals surface area contributed by atoms with Crippen molar-refractivity contribution >= 4 is 6.29 Å². The van der Waals surface area contributed by atoms with E-state index in [0.29, 0.717) is 5.92 Å². The largest absolute Gasteiger partial charge is 0.303 e. The van der Waals surface area contributed by atoms with Crippen molar-refractivity contribution in [2.24, 2.45) is 11.8 Å². The van der Waals surface area contributed by atoms with Gasteiger partial charge in [-0.15, -0.1) is 0 Å². The molecule has 0 aliphatic rings. The molecule has 15 heavy (non-hydrogen) atoms. The van der Waals surface area contributed by atoms with Gasteiger partial charge >= 0.3 is 0 Å². The molecule has 0 aliphatic heterocycles. The molecule has 0 saturated carbocycles. The molecule has 0 amide bonds. The SMILES string of the molecule is CC(C)Cc1ccc(C[C@H](C)C=O)cc1. The van der Waals surface area contributed by atoms with E-state index in [1.807, 2.05) is 6.92 Å². The molecule has 0 saturated heterocycles. The van der Waals surface area contributed by atoms with E-state index in [0.717, 1.165) is 19.1 Å². The van der Waals surface area contributed by atoms with Crippen molar-refractivity contribution in [3.63, 3.8) is 0 Å². The van der Waals surface area contributed by atoms with Gasteiger partial charge in [0.2, 0.25) is 0 Å². The maximum absolute atomic E-state index is 10.5. The first-order valence-corrected chi connectivity index (χ1v) is 5.65. The molecule has 0 heterocycles. The molecule has 82 valence electrons. The van der Waals surface area contributed by atoms with E-state index >= 15 is 0 Å². The Morgan fingerprint density at radius 1 is 1.00 bits per heavy atom. The Morgan fingerprint density at radius 3 is 1.87 bits per heavy atom. The number of hydrogen-bond donors (Lipinski definition) is 0. The Kier molecular flexibility index (Phi) is 4.54. The van der Waals surface area contributed by atoms with Gasteiger partial charge in [-0.05, 0) is 29.9 Å². The summed E-state index contributed by atoms with van der Waals surface area (Å²) in [6, 6.07) is 8.62. The van der Waals surface area contributed by atoms with Crippen LogP contribution in [0.5, 0.6) is 0 Å². The zero-order valence-corrected chi connectivity index (χ0v) is 9.86. The molecule has 1 atom stereocenters. The molecule has 0 spiro atoms. The molecular weight excluding hydrogens is 184 g/mol. The third-order valence-electron chi connectivity index (χ3n) is 2.46. The van der Waals surface area contributed by atoms with Gasteiger partial charge in [-0.2, -0.15) is 0 Å². The summed E-state index contributed by atoms with van der Waals surface area (Å²) in [7, 11) is 0. The molecule has 1 heteroatoms. The van der Waals surface area contributed by atoms with Crippen LogP contribution in [0.2, 0.25) is 0 Å². The molecule has 0 unspecified atom stereocenters. The summed E-state index contributed by atoms with van der Waals surface area (Å²) in [5.41, 5.74) is 2.63. The minimum Gasteiger partial charge on any atom is -0.303 e. The van der Waals surface area contributed by atoms with Gasteiger partial charge in [0, 0.05) is 5.92 Å². The van der Waals surface area contributed by atoms with Crippen LogP contribution in [-0.2, 0) is 17.6 Å². The average molecular weight is 204 g/mol. The smallest absolute Gasteiger partial charge is 0.123 e. The topological polar surface area (TPSA) is 17.1 Å². The van der Waals surface area contributed by atoms with E-state index in [2.05, 4.69) is 38.1 Å². The zero-order chi connectivity index (χ0) is 11.3. The Bertz CT molecular complexity index is 298. The molecule has 0 aromatic heterocycles. The van der Waals surface area contributed by atoms with Gasteiger partial charge in [0.15, 0.2) is 0 Å². The fourth-order valence-electron chi connectivity index (χ4n) is 1.70. The molecule has 1 rings (SSSR count). The third-order valence-corrected chi connectivity index (χ3v) is 2.46. The van der Waals surface area contributed by atoms with Gasteiger partial charge in [-0.25, -0.2) is 0 Å². The summed E-state index contributed by atoms with van der Waals surface area (Å²) in [5, 5.41) is 0. The maximum Gasteiger partial charge on any atom is 0.123 e. The lowest BCUT2D eigenvalue weighted by atomic mass is 9.98. The molecule has 1 aromatic rings. The maximum atomic E-state index is 10.5. The van der Waals surface area contributed by atoms with Gasteiger partial charge in [-0.1, -0.05) is 45.0 Å². The van der Waals surface area contributed by atoms with Crippen LogP contribution in [0.15, 0.2) is 24.3 Å². The molecule has 0 radical (unpaired) electrons. The highest BCUT2D eigenvalue weighted by molar-refractivity contribution is 5.53. The van der Waals surface area contributed by atoms with E-state index in [1.54, 1.807) is 0 Å². The van der Waals surface area contributed by atoms with E-state index in [4.69, 9.17) is 0 Å². The van der Waals surface area contributed by atoms with Gasteiger partial charge in [0.05, 0.1) is 0 Å². The second kappa shape index (κ2) is 5.69. The lowest BCUT2D eigenvalue weighted by Gasteiger charge is -2.07. The minimum absolute atomic E-state index is 0.126. The Hall–Kier alpha value is -1.11. The van der Waals surface area contributed by atoms with Crippen molar-refractivity contribution in [2.75, 3.05) is 0 Å². The summed E-state index contributed by atoms with van der Waals surface area (Å²) >= 11 is 0. The quantitative estimate of drug-likeness (QED) is 0.673. The van der Waals surface area contributed by atoms with Gasteiger partial charge in [0.1, 0.15) is 6.29 Å². The van der Waals surface area contributed by atoms with E-state index in [-0.39, 0.29) is 5.92 Å².